The molecule has 6 heteroatoms. The van der Waals surface area contributed by atoms with Gasteiger partial charge in [0, 0.05) is 32.0 Å². The minimum Gasteiger partial charge on any atom is -0.398 e. The van der Waals surface area contributed by atoms with Gasteiger partial charge in [0.05, 0.1) is 0 Å². The Morgan fingerprint density at radius 3 is 2.72 bits per heavy atom. The molecule has 0 amide bonds. The standard InChI is InChI=1S/C12H9BrCl2N2S/c13-8-1-2-11(10(16)3-8)18-6-7-5-17-12(15)4-9(7)14/h1-5H,6,16H2. The Morgan fingerprint density at radius 2 is 2.06 bits per heavy atom. The summed E-state index contributed by atoms with van der Waals surface area (Å²) in [4.78, 5) is 5.04. The van der Waals surface area contributed by atoms with Crippen LogP contribution >= 0.6 is 50.9 Å². The van der Waals surface area contributed by atoms with E-state index in [9.17, 15) is 0 Å². The fourth-order valence-electron chi connectivity index (χ4n) is 1.35. The lowest BCUT2D eigenvalue weighted by Crippen LogP contribution is -1.90. The van der Waals surface area contributed by atoms with Crippen LogP contribution in [0, 0.1) is 0 Å². The van der Waals surface area contributed by atoms with Crippen molar-refractivity contribution in [3.05, 3.63) is 50.7 Å². The molecule has 0 saturated heterocycles. The van der Waals surface area contributed by atoms with Gasteiger partial charge in [0.25, 0.3) is 0 Å². The third kappa shape index (κ3) is 3.54. The van der Waals surface area contributed by atoms with Crippen LogP contribution in [-0.4, -0.2) is 4.98 Å². The Labute approximate surface area is 128 Å². The number of halogens is 3. The van der Waals surface area contributed by atoms with Crippen molar-refractivity contribution in [3.63, 3.8) is 0 Å². The van der Waals surface area contributed by atoms with Crippen LogP contribution in [0.25, 0.3) is 0 Å². The molecule has 0 bridgehead atoms. The zero-order valence-electron chi connectivity index (χ0n) is 9.16. The van der Waals surface area contributed by atoms with Crippen LogP contribution in [0.2, 0.25) is 10.2 Å². The van der Waals surface area contributed by atoms with Crippen molar-refractivity contribution in [2.45, 2.75) is 10.6 Å². The number of rotatable bonds is 3. The molecule has 2 N–H and O–H groups in total. The summed E-state index contributed by atoms with van der Waals surface area (Å²) in [6, 6.07) is 7.45. The summed E-state index contributed by atoms with van der Waals surface area (Å²) in [5.41, 5.74) is 7.61. The lowest BCUT2D eigenvalue weighted by Gasteiger charge is -2.07. The molecular formula is C12H9BrCl2N2S. The highest BCUT2D eigenvalue weighted by Crippen LogP contribution is 2.32. The number of thioether (sulfide) groups is 1. The number of anilines is 1. The van der Waals surface area contributed by atoms with Crippen molar-refractivity contribution in [1.29, 1.82) is 0 Å². The van der Waals surface area contributed by atoms with Gasteiger partial charge in [-0.3, -0.25) is 0 Å². The summed E-state index contributed by atoms with van der Waals surface area (Å²) in [6.07, 6.45) is 1.69. The summed E-state index contributed by atoms with van der Waals surface area (Å²) in [5, 5.41) is 1.02. The maximum atomic E-state index is 6.08. The molecule has 2 aromatic rings. The van der Waals surface area contributed by atoms with Crippen molar-refractivity contribution in [1.82, 2.24) is 4.98 Å². The van der Waals surface area contributed by atoms with Gasteiger partial charge in [0.1, 0.15) is 5.15 Å². The van der Waals surface area contributed by atoms with Gasteiger partial charge in [0.15, 0.2) is 0 Å². The van der Waals surface area contributed by atoms with Gasteiger partial charge in [-0.25, -0.2) is 4.98 Å². The molecule has 2 nitrogen and oxygen atoms in total. The first-order valence-electron chi connectivity index (χ1n) is 5.04. The quantitative estimate of drug-likeness (QED) is 0.472. The zero-order chi connectivity index (χ0) is 13.1. The molecule has 0 spiro atoms. The molecule has 18 heavy (non-hydrogen) atoms. The maximum Gasteiger partial charge on any atom is 0.130 e. The fourth-order valence-corrected chi connectivity index (χ4v) is 3.17. The summed E-state index contributed by atoms with van der Waals surface area (Å²) in [6.45, 7) is 0. The average Bonchev–Trinajstić information content (AvgIpc) is 2.30. The van der Waals surface area contributed by atoms with E-state index in [1.165, 1.54) is 0 Å². The largest absolute Gasteiger partial charge is 0.398 e. The fraction of sp³-hybridized carbons (Fsp3) is 0.0833. The van der Waals surface area contributed by atoms with E-state index in [1.54, 1.807) is 24.0 Å². The molecule has 0 atom stereocenters. The van der Waals surface area contributed by atoms with E-state index in [4.69, 9.17) is 28.9 Å². The molecule has 0 unspecified atom stereocenters. The Kier molecular flexibility index (Phi) is 4.78. The molecule has 0 radical (unpaired) electrons. The van der Waals surface area contributed by atoms with E-state index in [0.29, 0.717) is 15.9 Å². The summed E-state index contributed by atoms with van der Waals surface area (Å²) in [7, 11) is 0. The number of pyridine rings is 1. The van der Waals surface area contributed by atoms with Gasteiger partial charge < -0.3 is 5.73 Å². The molecule has 1 heterocycles. The van der Waals surface area contributed by atoms with Crippen LogP contribution in [0.5, 0.6) is 0 Å². The normalized spacial score (nSPS) is 10.6. The highest BCUT2D eigenvalue weighted by atomic mass is 79.9. The highest BCUT2D eigenvalue weighted by Gasteiger charge is 2.05. The minimum atomic E-state index is 0.400. The van der Waals surface area contributed by atoms with E-state index < -0.39 is 0 Å². The summed E-state index contributed by atoms with van der Waals surface area (Å²) in [5.74, 6) is 0.703. The van der Waals surface area contributed by atoms with E-state index in [1.807, 2.05) is 18.2 Å². The second-order valence-electron chi connectivity index (χ2n) is 3.57. The Morgan fingerprint density at radius 1 is 1.28 bits per heavy atom. The lowest BCUT2D eigenvalue weighted by atomic mass is 10.3. The number of hydrogen-bond acceptors (Lipinski definition) is 3. The molecule has 0 aliphatic rings. The van der Waals surface area contributed by atoms with Crippen LogP contribution in [0.4, 0.5) is 5.69 Å². The third-order valence-electron chi connectivity index (χ3n) is 2.25. The van der Waals surface area contributed by atoms with Gasteiger partial charge in [0.2, 0.25) is 0 Å². The number of nitrogen functional groups attached to an aromatic ring is 1. The monoisotopic (exact) mass is 362 g/mol. The maximum absolute atomic E-state index is 6.08. The topological polar surface area (TPSA) is 38.9 Å². The number of benzene rings is 1. The van der Waals surface area contributed by atoms with Crippen molar-refractivity contribution >= 4 is 56.6 Å². The van der Waals surface area contributed by atoms with E-state index in [0.717, 1.165) is 20.6 Å². The predicted octanol–water partition coefficient (Wildman–Crippen LogP) is 5.03. The molecule has 0 aliphatic carbocycles. The third-order valence-corrected chi connectivity index (χ3v) is 4.44. The first-order valence-corrected chi connectivity index (χ1v) is 7.57. The van der Waals surface area contributed by atoms with Crippen LogP contribution < -0.4 is 5.73 Å². The predicted molar refractivity (Wildman–Crippen MR) is 82.4 cm³/mol. The lowest BCUT2D eigenvalue weighted by molar-refractivity contribution is 1.25. The Balaban J connectivity index is 2.11. The van der Waals surface area contributed by atoms with Crippen LogP contribution in [0.1, 0.15) is 5.56 Å². The van der Waals surface area contributed by atoms with Crippen LogP contribution in [-0.2, 0) is 5.75 Å². The molecule has 94 valence electrons. The highest BCUT2D eigenvalue weighted by molar-refractivity contribution is 9.10. The molecule has 1 aromatic carbocycles. The van der Waals surface area contributed by atoms with E-state index in [-0.39, 0.29) is 0 Å². The SMILES string of the molecule is Nc1cc(Br)ccc1SCc1cnc(Cl)cc1Cl. The van der Waals surface area contributed by atoms with Crippen LogP contribution in [0.3, 0.4) is 0 Å². The molecular weight excluding hydrogens is 355 g/mol. The van der Waals surface area contributed by atoms with Crippen molar-refractivity contribution in [2.24, 2.45) is 0 Å². The first kappa shape index (κ1) is 14.0. The molecule has 0 aliphatic heterocycles. The number of nitrogens with zero attached hydrogens (tertiary/aromatic N) is 1. The van der Waals surface area contributed by atoms with Gasteiger partial charge in [-0.1, -0.05) is 39.1 Å². The number of nitrogens with two attached hydrogens (primary N) is 1. The first-order chi connectivity index (χ1) is 8.56. The number of hydrogen-bond donors (Lipinski definition) is 1. The van der Waals surface area contributed by atoms with Crippen molar-refractivity contribution in [3.8, 4) is 0 Å². The Bertz CT molecular complexity index is 526. The van der Waals surface area contributed by atoms with E-state index in [2.05, 4.69) is 20.9 Å². The minimum absolute atomic E-state index is 0.400. The summed E-state index contributed by atoms with van der Waals surface area (Å²) < 4.78 is 0.968. The molecule has 0 fully saturated rings. The zero-order valence-corrected chi connectivity index (χ0v) is 13.1. The van der Waals surface area contributed by atoms with E-state index >= 15 is 0 Å². The van der Waals surface area contributed by atoms with Crippen molar-refractivity contribution < 1.29 is 0 Å². The van der Waals surface area contributed by atoms with Gasteiger partial charge >= 0.3 is 0 Å². The molecule has 0 saturated carbocycles. The summed E-state index contributed by atoms with van der Waals surface area (Å²) >= 11 is 16.8. The second kappa shape index (κ2) is 6.15. The van der Waals surface area contributed by atoms with Crippen molar-refractivity contribution in [2.75, 3.05) is 5.73 Å². The van der Waals surface area contributed by atoms with Gasteiger partial charge in [-0.2, -0.15) is 0 Å². The second-order valence-corrected chi connectivity index (χ2v) is 6.30. The average molecular weight is 364 g/mol. The molecule has 1 aromatic heterocycles. The van der Waals surface area contributed by atoms with Gasteiger partial charge in [-0.05, 0) is 29.8 Å². The van der Waals surface area contributed by atoms with Crippen LogP contribution in [0.15, 0.2) is 39.8 Å². The molecule has 2 rings (SSSR count). The Hall–Kier alpha value is -0.420. The number of aromatic nitrogens is 1. The smallest absolute Gasteiger partial charge is 0.130 e. The van der Waals surface area contributed by atoms with Gasteiger partial charge in [-0.15, -0.1) is 11.8 Å².